The van der Waals surface area contributed by atoms with Gasteiger partial charge in [0.25, 0.3) is 0 Å². The van der Waals surface area contributed by atoms with Gasteiger partial charge in [-0.05, 0) is 43.2 Å². The molecule has 98 valence electrons. The molecular weight excluding hydrogens is 234 g/mol. The number of nitrogens with one attached hydrogen (secondary N) is 1. The van der Waals surface area contributed by atoms with Crippen LogP contribution in [0.2, 0.25) is 0 Å². The van der Waals surface area contributed by atoms with Gasteiger partial charge in [-0.2, -0.15) is 0 Å². The molecule has 1 heterocycles. The molecule has 0 aromatic heterocycles. The minimum absolute atomic E-state index is 0.339. The molecule has 0 aliphatic carbocycles. The molecule has 0 bridgehead atoms. The summed E-state index contributed by atoms with van der Waals surface area (Å²) >= 11 is 0. The zero-order chi connectivity index (χ0) is 13.2. The third kappa shape index (κ3) is 2.58. The third-order valence-electron chi connectivity index (χ3n) is 3.52. The first-order chi connectivity index (χ1) is 9.22. The SMILES string of the molecule is Cc1cc(C)cc(NC2CCOc3ccccc32)c1. The van der Waals surface area contributed by atoms with E-state index in [2.05, 4.69) is 49.5 Å². The molecule has 0 spiro atoms. The highest BCUT2D eigenvalue weighted by molar-refractivity contribution is 5.51. The molecule has 1 atom stereocenters. The average Bonchev–Trinajstić information content (AvgIpc) is 2.38. The standard InChI is InChI=1S/C17H19NO/c1-12-9-13(2)11-14(10-12)18-16-7-8-19-17-6-4-3-5-15(16)17/h3-6,9-11,16,18H,7-8H2,1-2H3. The summed E-state index contributed by atoms with van der Waals surface area (Å²) in [6.07, 6.45) is 1.00. The Bertz CT molecular complexity index is 571. The Morgan fingerprint density at radius 2 is 1.79 bits per heavy atom. The molecule has 19 heavy (non-hydrogen) atoms. The summed E-state index contributed by atoms with van der Waals surface area (Å²) in [5, 5.41) is 3.64. The van der Waals surface area contributed by atoms with Gasteiger partial charge < -0.3 is 10.1 Å². The van der Waals surface area contributed by atoms with Crippen molar-refractivity contribution in [1.29, 1.82) is 0 Å². The molecule has 2 aromatic rings. The van der Waals surface area contributed by atoms with Crippen molar-refractivity contribution in [2.45, 2.75) is 26.3 Å². The molecule has 2 aromatic carbocycles. The van der Waals surface area contributed by atoms with Gasteiger partial charge >= 0.3 is 0 Å². The van der Waals surface area contributed by atoms with Crippen LogP contribution >= 0.6 is 0 Å². The maximum absolute atomic E-state index is 5.70. The van der Waals surface area contributed by atoms with Crippen LogP contribution in [-0.4, -0.2) is 6.61 Å². The molecule has 3 rings (SSSR count). The van der Waals surface area contributed by atoms with Gasteiger partial charge in [0.1, 0.15) is 5.75 Å². The molecule has 0 fully saturated rings. The fourth-order valence-corrected chi connectivity index (χ4v) is 2.75. The van der Waals surface area contributed by atoms with Crippen LogP contribution in [0.1, 0.15) is 29.2 Å². The molecule has 2 nitrogen and oxygen atoms in total. The predicted molar refractivity (Wildman–Crippen MR) is 78.8 cm³/mol. The molecule has 0 saturated carbocycles. The van der Waals surface area contributed by atoms with Gasteiger partial charge in [0.2, 0.25) is 0 Å². The van der Waals surface area contributed by atoms with Crippen LogP contribution in [0.15, 0.2) is 42.5 Å². The molecule has 1 aliphatic heterocycles. The molecule has 0 amide bonds. The highest BCUT2D eigenvalue weighted by atomic mass is 16.5. The summed E-state index contributed by atoms with van der Waals surface area (Å²) in [5.41, 5.74) is 5.04. The minimum atomic E-state index is 0.339. The summed E-state index contributed by atoms with van der Waals surface area (Å²) in [7, 11) is 0. The predicted octanol–water partition coefficient (Wildman–Crippen LogP) is 4.24. The van der Waals surface area contributed by atoms with Crippen LogP contribution in [0, 0.1) is 13.8 Å². The quantitative estimate of drug-likeness (QED) is 0.864. The van der Waals surface area contributed by atoms with E-state index in [1.54, 1.807) is 0 Å². The zero-order valence-corrected chi connectivity index (χ0v) is 11.4. The molecule has 0 radical (unpaired) electrons. The second-order valence-corrected chi connectivity index (χ2v) is 5.25. The molecule has 1 aliphatic rings. The number of benzene rings is 2. The van der Waals surface area contributed by atoms with E-state index in [0.717, 1.165) is 18.8 Å². The van der Waals surface area contributed by atoms with E-state index in [1.165, 1.54) is 22.4 Å². The van der Waals surface area contributed by atoms with Crippen LogP contribution < -0.4 is 10.1 Å². The third-order valence-corrected chi connectivity index (χ3v) is 3.52. The summed E-state index contributed by atoms with van der Waals surface area (Å²) in [6.45, 7) is 5.05. The lowest BCUT2D eigenvalue weighted by atomic mass is 10.00. The van der Waals surface area contributed by atoms with Crippen LogP contribution in [0.5, 0.6) is 5.75 Å². The zero-order valence-electron chi connectivity index (χ0n) is 11.4. The largest absolute Gasteiger partial charge is 0.493 e. The Morgan fingerprint density at radius 3 is 2.58 bits per heavy atom. The molecule has 1 N–H and O–H groups in total. The van der Waals surface area contributed by atoms with Crippen LogP contribution in [0.25, 0.3) is 0 Å². The number of aryl methyl sites for hydroxylation is 2. The van der Waals surface area contributed by atoms with Gasteiger partial charge in [0, 0.05) is 17.7 Å². The van der Waals surface area contributed by atoms with E-state index in [1.807, 2.05) is 12.1 Å². The Balaban J connectivity index is 1.88. The van der Waals surface area contributed by atoms with Gasteiger partial charge in [-0.15, -0.1) is 0 Å². The first kappa shape index (κ1) is 12.1. The highest BCUT2D eigenvalue weighted by Crippen LogP contribution is 2.34. The monoisotopic (exact) mass is 253 g/mol. The van der Waals surface area contributed by atoms with E-state index in [4.69, 9.17) is 4.74 Å². The topological polar surface area (TPSA) is 21.3 Å². The first-order valence-corrected chi connectivity index (χ1v) is 6.79. The van der Waals surface area contributed by atoms with Crippen LogP contribution in [0.3, 0.4) is 0 Å². The highest BCUT2D eigenvalue weighted by Gasteiger charge is 2.20. The van der Waals surface area contributed by atoms with Crippen molar-refractivity contribution in [3.8, 4) is 5.75 Å². The normalized spacial score (nSPS) is 17.5. The number of hydrogen-bond donors (Lipinski definition) is 1. The van der Waals surface area contributed by atoms with Crippen molar-refractivity contribution in [1.82, 2.24) is 0 Å². The summed E-state index contributed by atoms with van der Waals surface area (Å²) < 4.78 is 5.70. The van der Waals surface area contributed by atoms with Gasteiger partial charge in [-0.3, -0.25) is 0 Å². The Labute approximate surface area is 114 Å². The lowest BCUT2D eigenvalue weighted by Gasteiger charge is -2.27. The van der Waals surface area contributed by atoms with Crippen molar-refractivity contribution in [2.75, 3.05) is 11.9 Å². The van der Waals surface area contributed by atoms with E-state index in [0.29, 0.717) is 6.04 Å². The van der Waals surface area contributed by atoms with E-state index < -0.39 is 0 Å². The summed E-state index contributed by atoms with van der Waals surface area (Å²) in [4.78, 5) is 0. The van der Waals surface area contributed by atoms with Crippen molar-refractivity contribution >= 4 is 5.69 Å². The average molecular weight is 253 g/mol. The van der Waals surface area contributed by atoms with E-state index >= 15 is 0 Å². The van der Waals surface area contributed by atoms with Crippen molar-refractivity contribution in [2.24, 2.45) is 0 Å². The first-order valence-electron chi connectivity index (χ1n) is 6.79. The number of para-hydroxylation sites is 1. The second kappa shape index (κ2) is 4.96. The molecular formula is C17H19NO. The number of rotatable bonds is 2. The Kier molecular flexibility index (Phi) is 3.16. The van der Waals surface area contributed by atoms with Crippen molar-refractivity contribution in [3.05, 3.63) is 59.2 Å². The Hall–Kier alpha value is -1.96. The van der Waals surface area contributed by atoms with Gasteiger partial charge in [-0.25, -0.2) is 0 Å². The fourth-order valence-electron chi connectivity index (χ4n) is 2.75. The number of fused-ring (bicyclic) bond motifs is 1. The fraction of sp³-hybridized carbons (Fsp3) is 0.294. The van der Waals surface area contributed by atoms with E-state index in [9.17, 15) is 0 Å². The number of ether oxygens (including phenoxy) is 1. The van der Waals surface area contributed by atoms with Gasteiger partial charge in [0.15, 0.2) is 0 Å². The molecule has 1 unspecified atom stereocenters. The number of anilines is 1. The molecule has 2 heteroatoms. The summed E-state index contributed by atoms with van der Waals surface area (Å²) in [5.74, 6) is 1.01. The Morgan fingerprint density at radius 1 is 1.05 bits per heavy atom. The molecule has 0 saturated heterocycles. The maximum Gasteiger partial charge on any atom is 0.124 e. The minimum Gasteiger partial charge on any atom is -0.493 e. The van der Waals surface area contributed by atoms with Crippen LogP contribution in [0.4, 0.5) is 5.69 Å². The van der Waals surface area contributed by atoms with Gasteiger partial charge in [0.05, 0.1) is 12.6 Å². The van der Waals surface area contributed by atoms with Crippen molar-refractivity contribution < 1.29 is 4.74 Å². The summed E-state index contributed by atoms with van der Waals surface area (Å²) in [6, 6.07) is 15.2. The number of hydrogen-bond acceptors (Lipinski definition) is 2. The second-order valence-electron chi connectivity index (χ2n) is 5.25. The lowest BCUT2D eigenvalue weighted by molar-refractivity contribution is 0.274. The maximum atomic E-state index is 5.70. The van der Waals surface area contributed by atoms with Crippen LogP contribution in [-0.2, 0) is 0 Å². The van der Waals surface area contributed by atoms with E-state index in [-0.39, 0.29) is 0 Å². The van der Waals surface area contributed by atoms with Gasteiger partial charge in [-0.1, -0.05) is 24.3 Å². The smallest absolute Gasteiger partial charge is 0.124 e. The van der Waals surface area contributed by atoms with Crippen molar-refractivity contribution in [3.63, 3.8) is 0 Å². The lowest BCUT2D eigenvalue weighted by Crippen LogP contribution is -2.20.